The maximum absolute atomic E-state index is 5.92. The molecule has 1 aliphatic rings. The van der Waals surface area contributed by atoms with E-state index in [1.807, 2.05) is 0 Å². The second kappa shape index (κ2) is 3.09. The molecule has 1 aromatic rings. The van der Waals surface area contributed by atoms with Crippen LogP contribution in [0.15, 0.2) is 0 Å². The Labute approximate surface area is 85.1 Å². The molecule has 78 valence electrons. The molecule has 0 radical (unpaired) electrons. The summed E-state index contributed by atoms with van der Waals surface area (Å²) in [6.45, 7) is 6.53. The van der Waals surface area contributed by atoms with Crippen LogP contribution >= 0.6 is 0 Å². The van der Waals surface area contributed by atoms with Crippen LogP contribution in [0.5, 0.6) is 0 Å². The van der Waals surface area contributed by atoms with E-state index in [0.29, 0.717) is 6.04 Å². The quantitative estimate of drug-likeness (QED) is 0.656. The SMILES string of the molecule is CC(C)(C)c1nc2c([nH]1)C[C@@H](N)CC2. The van der Waals surface area contributed by atoms with Crippen molar-refractivity contribution >= 4 is 0 Å². The van der Waals surface area contributed by atoms with Gasteiger partial charge in [-0.2, -0.15) is 0 Å². The Morgan fingerprint density at radius 1 is 1.43 bits per heavy atom. The summed E-state index contributed by atoms with van der Waals surface area (Å²) in [5.74, 6) is 1.09. The number of aromatic amines is 1. The highest BCUT2D eigenvalue weighted by atomic mass is 15.0. The molecule has 0 saturated heterocycles. The Morgan fingerprint density at radius 3 is 2.79 bits per heavy atom. The van der Waals surface area contributed by atoms with Crippen LogP contribution in [0.1, 0.15) is 44.4 Å². The molecule has 1 aliphatic carbocycles. The maximum atomic E-state index is 5.92. The number of nitrogens with two attached hydrogens (primary N) is 1. The van der Waals surface area contributed by atoms with Gasteiger partial charge in [0.15, 0.2) is 0 Å². The summed E-state index contributed by atoms with van der Waals surface area (Å²) in [7, 11) is 0. The first kappa shape index (κ1) is 9.71. The summed E-state index contributed by atoms with van der Waals surface area (Å²) in [6, 6.07) is 0.316. The first-order valence-electron chi connectivity index (χ1n) is 5.30. The topological polar surface area (TPSA) is 54.7 Å². The van der Waals surface area contributed by atoms with Gasteiger partial charge in [-0.05, 0) is 12.8 Å². The summed E-state index contributed by atoms with van der Waals surface area (Å²) in [6.07, 6.45) is 3.06. The van der Waals surface area contributed by atoms with Gasteiger partial charge in [0.25, 0.3) is 0 Å². The molecule has 1 atom stereocenters. The highest BCUT2D eigenvalue weighted by Gasteiger charge is 2.24. The van der Waals surface area contributed by atoms with E-state index >= 15 is 0 Å². The first-order valence-corrected chi connectivity index (χ1v) is 5.30. The molecular weight excluding hydrogens is 174 g/mol. The van der Waals surface area contributed by atoms with Crippen molar-refractivity contribution in [3.8, 4) is 0 Å². The van der Waals surface area contributed by atoms with Gasteiger partial charge >= 0.3 is 0 Å². The largest absolute Gasteiger partial charge is 0.345 e. The Hall–Kier alpha value is -0.830. The summed E-state index contributed by atoms with van der Waals surface area (Å²) in [5, 5.41) is 0. The van der Waals surface area contributed by atoms with E-state index < -0.39 is 0 Å². The minimum absolute atomic E-state index is 0.113. The molecule has 3 heteroatoms. The van der Waals surface area contributed by atoms with E-state index in [9.17, 15) is 0 Å². The number of hydrogen-bond acceptors (Lipinski definition) is 2. The number of fused-ring (bicyclic) bond motifs is 1. The zero-order valence-electron chi connectivity index (χ0n) is 9.22. The van der Waals surface area contributed by atoms with Gasteiger partial charge in [-0.15, -0.1) is 0 Å². The molecule has 0 aliphatic heterocycles. The van der Waals surface area contributed by atoms with Gasteiger partial charge < -0.3 is 10.7 Å². The fourth-order valence-corrected chi connectivity index (χ4v) is 1.86. The van der Waals surface area contributed by atoms with E-state index in [4.69, 9.17) is 5.73 Å². The lowest BCUT2D eigenvalue weighted by atomic mass is 9.96. The van der Waals surface area contributed by atoms with Crippen molar-refractivity contribution in [3.05, 3.63) is 17.2 Å². The van der Waals surface area contributed by atoms with Crippen molar-refractivity contribution in [3.63, 3.8) is 0 Å². The Kier molecular flexibility index (Phi) is 2.14. The molecule has 14 heavy (non-hydrogen) atoms. The van der Waals surface area contributed by atoms with Crippen molar-refractivity contribution in [2.24, 2.45) is 5.73 Å². The van der Waals surface area contributed by atoms with Crippen LogP contribution in [0.2, 0.25) is 0 Å². The monoisotopic (exact) mass is 193 g/mol. The molecule has 0 unspecified atom stereocenters. The third-order valence-corrected chi connectivity index (χ3v) is 2.79. The molecular formula is C11H19N3. The number of aryl methyl sites for hydroxylation is 1. The van der Waals surface area contributed by atoms with Crippen LogP contribution < -0.4 is 5.73 Å². The number of imidazole rings is 1. The third kappa shape index (κ3) is 1.69. The van der Waals surface area contributed by atoms with E-state index in [1.54, 1.807) is 0 Å². The van der Waals surface area contributed by atoms with Crippen LogP contribution in [-0.2, 0) is 18.3 Å². The molecule has 1 heterocycles. The molecule has 0 bridgehead atoms. The molecule has 0 fully saturated rings. The van der Waals surface area contributed by atoms with Gasteiger partial charge in [0.2, 0.25) is 0 Å². The maximum Gasteiger partial charge on any atom is 0.111 e. The average molecular weight is 193 g/mol. The van der Waals surface area contributed by atoms with E-state index in [-0.39, 0.29) is 5.41 Å². The van der Waals surface area contributed by atoms with Gasteiger partial charge in [0, 0.05) is 23.6 Å². The number of aromatic nitrogens is 2. The molecule has 1 aromatic heterocycles. The predicted molar refractivity (Wildman–Crippen MR) is 57.3 cm³/mol. The smallest absolute Gasteiger partial charge is 0.111 e. The van der Waals surface area contributed by atoms with Crippen LogP contribution in [0, 0.1) is 0 Å². The van der Waals surface area contributed by atoms with E-state index in [2.05, 4.69) is 30.7 Å². The lowest BCUT2D eigenvalue weighted by Gasteiger charge is -2.16. The van der Waals surface area contributed by atoms with Crippen LogP contribution in [0.4, 0.5) is 0 Å². The van der Waals surface area contributed by atoms with Crippen LogP contribution in [0.3, 0.4) is 0 Å². The zero-order chi connectivity index (χ0) is 10.3. The van der Waals surface area contributed by atoms with Gasteiger partial charge in [0.05, 0.1) is 5.69 Å². The third-order valence-electron chi connectivity index (χ3n) is 2.79. The van der Waals surface area contributed by atoms with E-state index in [0.717, 1.165) is 25.1 Å². The van der Waals surface area contributed by atoms with E-state index in [1.165, 1.54) is 11.4 Å². The fraction of sp³-hybridized carbons (Fsp3) is 0.727. The van der Waals surface area contributed by atoms with Crippen LogP contribution in [0.25, 0.3) is 0 Å². The molecule has 0 spiro atoms. The molecule has 3 N–H and O–H groups in total. The second-order valence-electron chi connectivity index (χ2n) is 5.26. The van der Waals surface area contributed by atoms with Gasteiger partial charge in [-0.3, -0.25) is 0 Å². The minimum atomic E-state index is 0.113. The summed E-state index contributed by atoms with van der Waals surface area (Å²) >= 11 is 0. The van der Waals surface area contributed by atoms with Crippen molar-refractivity contribution in [2.45, 2.75) is 51.5 Å². The lowest BCUT2D eigenvalue weighted by Crippen LogP contribution is -2.27. The second-order valence-corrected chi connectivity index (χ2v) is 5.26. The molecule has 0 amide bonds. The number of nitrogens with zero attached hydrogens (tertiary/aromatic N) is 1. The van der Waals surface area contributed by atoms with Crippen molar-refractivity contribution in [2.75, 3.05) is 0 Å². The van der Waals surface area contributed by atoms with Crippen molar-refractivity contribution < 1.29 is 0 Å². The van der Waals surface area contributed by atoms with Gasteiger partial charge in [0.1, 0.15) is 5.82 Å². The summed E-state index contributed by atoms with van der Waals surface area (Å²) in [5.41, 5.74) is 8.52. The summed E-state index contributed by atoms with van der Waals surface area (Å²) in [4.78, 5) is 8.06. The number of nitrogens with one attached hydrogen (secondary N) is 1. The molecule has 0 saturated carbocycles. The fourth-order valence-electron chi connectivity index (χ4n) is 1.86. The van der Waals surface area contributed by atoms with Gasteiger partial charge in [-0.1, -0.05) is 20.8 Å². The van der Waals surface area contributed by atoms with Crippen molar-refractivity contribution in [1.29, 1.82) is 0 Å². The normalized spacial score (nSPS) is 22.1. The standard InChI is InChI=1S/C11H19N3/c1-11(2,3)10-13-8-5-4-7(12)6-9(8)14-10/h7H,4-6,12H2,1-3H3,(H,13,14)/t7-/m0/s1. The molecule has 2 rings (SSSR count). The number of rotatable bonds is 0. The molecule has 0 aromatic carbocycles. The Bertz CT molecular complexity index is 333. The van der Waals surface area contributed by atoms with Crippen LogP contribution in [-0.4, -0.2) is 16.0 Å². The predicted octanol–water partition coefficient (Wildman–Crippen LogP) is 1.52. The number of H-pyrrole nitrogens is 1. The zero-order valence-corrected chi connectivity index (χ0v) is 9.22. The Balaban J connectivity index is 2.32. The number of hydrogen-bond donors (Lipinski definition) is 2. The Morgan fingerprint density at radius 2 is 2.14 bits per heavy atom. The summed E-state index contributed by atoms with van der Waals surface area (Å²) < 4.78 is 0. The highest BCUT2D eigenvalue weighted by Crippen LogP contribution is 2.24. The van der Waals surface area contributed by atoms with Gasteiger partial charge in [-0.25, -0.2) is 4.98 Å². The first-order chi connectivity index (χ1) is 6.47. The van der Waals surface area contributed by atoms with Crippen molar-refractivity contribution in [1.82, 2.24) is 9.97 Å². The highest BCUT2D eigenvalue weighted by molar-refractivity contribution is 5.22. The molecule has 3 nitrogen and oxygen atoms in total. The average Bonchev–Trinajstić information content (AvgIpc) is 2.45. The lowest BCUT2D eigenvalue weighted by molar-refractivity contribution is 0.550. The minimum Gasteiger partial charge on any atom is -0.345 e.